The summed E-state index contributed by atoms with van der Waals surface area (Å²) in [6, 6.07) is 14.6. The highest BCUT2D eigenvalue weighted by Crippen LogP contribution is 2.33. The van der Waals surface area contributed by atoms with Gasteiger partial charge >= 0.3 is 0 Å². The number of fused-ring (bicyclic) bond motifs is 3. The molecule has 0 spiro atoms. The van der Waals surface area contributed by atoms with E-state index in [4.69, 9.17) is 0 Å². The van der Waals surface area contributed by atoms with Crippen LogP contribution in [0.1, 0.15) is 12.8 Å². The van der Waals surface area contributed by atoms with E-state index in [0.717, 1.165) is 21.0 Å². The lowest BCUT2D eigenvalue weighted by molar-refractivity contribution is -0.119. The Morgan fingerprint density at radius 1 is 1.14 bits per heavy atom. The van der Waals surface area contributed by atoms with Gasteiger partial charge in [0.2, 0.25) is 5.91 Å². The van der Waals surface area contributed by atoms with Gasteiger partial charge in [-0.2, -0.15) is 4.31 Å². The van der Waals surface area contributed by atoms with Gasteiger partial charge in [0.25, 0.3) is 10.0 Å². The van der Waals surface area contributed by atoms with Gasteiger partial charge in [0.05, 0.1) is 10.2 Å². The van der Waals surface area contributed by atoms with Crippen LogP contribution in [0.25, 0.3) is 21.0 Å². The van der Waals surface area contributed by atoms with Crippen LogP contribution in [0, 0.1) is 0 Å². The van der Waals surface area contributed by atoms with Crippen LogP contribution in [0.3, 0.4) is 0 Å². The van der Waals surface area contributed by atoms with Crippen LogP contribution in [0.4, 0.5) is 5.13 Å². The minimum atomic E-state index is -3.66. The van der Waals surface area contributed by atoms with Crippen molar-refractivity contribution in [1.82, 2.24) is 9.29 Å². The van der Waals surface area contributed by atoms with Crippen LogP contribution >= 0.6 is 22.7 Å². The number of rotatable bonds is 4. The molecular weight excluding hydrogens is 426 g/mol. The average molecular weight is 444 g/mol. The second-order valence-corrected chi connectivity index (χ2v) is 10.9. The van der Waals surface area contributed by atoms with Gasteiger partial charge in [-0.3, -0.25) is 4.79 Å². The molecular formula is C20H17N3O3S3. The van der Waals surface area contributed by atoms with Gasteiger partial charge in [-0.15, -0.1) is 11.3 Å². The lowest BCUT2D eigenvalue weighted by atomic mass is 10.1. The van der Waals surface area contributed by atoms with Crippen LogP contribution in [-0.2, 0) is 14.8 Å². The number of carbonyl (C=O) groups excluding carboxylic acids is 1. The fourth-order valence-electron chi connectivity index (χ4n) is 3.72. The Morgan fingerprint density at radius 3 is 2.83 bits per heavy atom. The molecule has 5 rings (SSSR count). The highest BCUT2D eigenvalue weighted by atomic mass is 32.2. The van der Waals surface area contributed by atoms with Crippen molar-refractivity contribution in [2.45, 2.75) is 23.1 Å². The van der Waals surface area contributed by atoms with Crippen molar-refractivity contribution in [3.05, 3.63) is 53.9 Å². The monoisotopic (exact) mass is 443 g/mol. The van der Waals surface area contributed by atoms with E-state index in [1.807, 2.05) is 36.4 Å². The van der Waals surface area contributed by atoms with E-state index in [9.17, 15) is 13.2 Å². The highest BCUT2D eigenvalue weighted by Gasteiger charge is 2.40. The largest absolute Gasteiger partial charge is 0.301 e. The Morgan fingerprint density at radius 2 is 2.00 bits per heavy atom. The van der Waals surface area contributed by atoms with Gasteiger partial charge in [-0.1, -0.05) is 47.7 Å². The summed E-state index contributed by atoms with van der Waals surface area (Å²) in [6.45, 7) is 0.350. The Bertz CT molecular complexity index is 1310. The smallest absolute Gasteiger partial charge is 0.253 e. The lowest BCUT2D eigenvalue weighted by Gasteiger charge is -2.22. The fourth-order valence-corrected chi connectivity index (χ4v) is 7.38. The number of thiazole rings is 1. The molecule has 0 radical (unpaired) electrons. The van der Waals surface area contributed by atoms with Crippen LogP contribution in [-0.4, -0.2) is 36.2 Å². The number of sulfonamides is 1. The minimum absolute atomic E-state index is 0.267. The minimum Gasteiger partial charge on any atom is -0.301 e. The number of thiophene rings is 1. The third kappa shape index (κ3) is 3.24. The van der Waals surface area contributed by atoms with Crippen molar-refractivity contribution in [1.29, 1.82) is 0 Å². The number of nitrogens with zero attached hydrogens (tertiary/aromatic N) is 2. The molecule has 6 nitrogen and oxygen atoms in total. The third-order valence-electron chi connectivity index (χ3n) is 5.08. The molecule has 2 aromatic carbocycles. The average Bonchev–Trinajstić information content (AvgIpc) is 3.47. The number of carbonyl (C=O) groups is 1. The Labute approximate surface area is 175 Å². The Balaban J connectivity index is 1.43. The first kappa shape index (κ1) is 18.7. The molecule has 0 bridgehead atoms. The van der Waals surface area contributed by atoms with E-state index in [1.54, 1.807) is 17.5 Å². The van der Waals surface area contributed by atoms with Gasteiger partial charge in [0, 0.05) is 11.9 Å². The van der Waals surface area contributed by atoms with Crippen molar-refractivity contribution in [3.63, 3.8) is 0 Å². The van der Waals surface area contributed by atoms with Gasteiger partial charge in [0.1, 0.15) is 10.3 Å². The molecule has 1 aliphatic rings. The molecule has 4 aromatic rings. The molecule has 1 N–H and O–H groups in total. The van der Waals surface area contributed by atoms with E-state index in [-0.39, 0.29) is 10.1 Å². The molecule has 1 fully saturated rings. The summed E-state index contributed by atoms with van der Waals surface area (Å²) >= 11 is 2.56. The quantitative estimate of drug-likeness (QED) is 0.510. The zero-order valence-electron chi connectivity index (χ0n) is 15.2. The van der Waals surface area contributed by atoms with Crippen molar-refractivity contribution < 1.29 is 13.2 Å². The molecule has 29 heavy (non-hydrogen) atoms. The molecule has 3 heterocycles. The van der Waals surface area contributed by atoms with E-state index in [0.29, 0.717) is 24.5 Å². The van der Waals surface area contributed by atoms with Crippen LogP contribution in [0.15, 0.2) is 58.1 Å². The summed E-state index contributed by atoms with van der Waals surface area (Å²) in [5, 5.41) is 7.19. The second kappa shape index (κ2) is 7.17. The Kier molecular flexibility index (Phi) is 4.62. The van der Waals surface area contributed by atoms with Crippen LogP contribution < -0.4 is 5.32 Å². The molecule has 2 aromatic heterocycles. The Hall–Kier alpha value is -2.33. The lowest BCUT2D eigenvalue weighted by Crippen LogP contribution is -2.42. The van der Waals surface area contributed by atoms with E-state index < -0.39 is 16.1 Å². The molecule has 0 aliphatic carbocycles. The van der Waals surface area contributed by atoms with Crippen molar-refractivity contribution in [3.8, 4) is 0 Å². The summed E-state index contributed by atoms with van der Waals surface area (Å²) in [7, 11) is -3.66. The molecule has 0 saturated carbocycles. The first-order chi connectivity index (χ1) is 14.0. The number of anilines is 1. The summed E-state index contributed by atoms with van der Waals surface area (Å²) < 4.78 is 28.4. The zero-order chi connectivity index (χ0) is 20.0. The number of aromatic nitrogens is 1. The SMILES string of the molecule is O=C(Nc1nc2c(ccc3ccccc32)s1)C1CCCN1S(=O)(=O)c1cccs1. The van der Waals surface area contributed by atoms with E-state index in [2.05, 4.69) is 10.3 Å². The zero-order valence-corrected chi connectivity index (χ0v) is 17.7. The maximum atomic E-state index is 12.9. The molecule has 1 amide bonds. The van der Waals surface area contributed by atoms with Crippen LogP contribution in [0.2, 0.25) is 0 Å². The third-order valence-corrected chi connectivity index (χ3v) is 9.30. The first-order valence-electron chi connectivity index (χ1n) is 9.18. The standard InChI is InChI=1S/C20H17N3O3S3/c24-19(15-7-3-11-23(15)29(25,26)17-8-4-12-27-17)22-20-21-18-14-6-2-1-5-13(14)9-10-16(18)28-20/h1-2,4-6,8-10,12,15H,3,7,11H2,(H,21,22,24). The van der Waals surface area contributed by atoms with E-state index >= 15 is 0 Å². The second-order valence-electron chi connectivity index (χ2n) is 6.85. The predicted molar refractivity (Wildman–Crippen MR) is 117 cm³/mol. The number of hydrogen-bond donors (Lipinski definition) is 1. The molecule has 9 heteroatoms. The van der Waals surface area contributed by atoms with Gasteiger partial charge in [-0.25, -0.2) is 13.4 Å². The summed E-state index contributed by atoms with van der Waals surface area (Å²) in [5.41, 5.74) is 0.845. The molecule has 1 atom stereocenters. The van der Waals surface area contributed by atoms with Crippen LogP contribution in [0.5, 0.6) is 0 Å². The number of benzene rings is 2. The van der Waals surface area contributed by atoms with Gasteiger partial charge < -0.3 is 5.32 Å². The predicted octanol–water partition coefficient (Wildman–Crippen LogP) is 4.30. The first-order valence-corrected chi connectivity index (χ1v) is 12.3. The maximum absolute atomic E-state index is 12.9. The molecule has 1 saturated heterocycles. The number of amides is 1. The summed E-state index contributed by atoms with van der Waals surface area (Å²) in [4.78, 5) is 17.5. The van der Waals surface area contributed by atoms with Crippen molar-refractivity contribution >= 4 is 64.7 Å². The number of hydrogen-bond acceptors (Lipinski definition) is 6. The summed E-state index contributed by atoms with van der Waals surface area (Å²) in [6.07, 6.45) is 1.16. The maximum Gasteiger partial charge on any atom is 0.253 e. The topological polar surface area (TPSA) is 79.4 Å². The molecule has 1 unspecified atom stereocenters. The molecule has 148 valence electrons. The normalized spacial score (nSPS) is 17.9. The van der Waals surface area contributed by atoms with Gasteiger partial charge in [-0.05, 0) is 35.7 Å². The fraction of sp³-hybridized carbons (Fsp3) is 0.200. The molecule has 1 aliphatic heterocycles. The summed E-state index contributed by atoms with van der Waals surface area (Å²) in [5.74, 6) is -0.328. The van der Waals surface area contributed by atoms with E-state index in [1.165, 1.54) is 27.0 Å². The van der Waals surface area contributed by atoms with Gasteiger partial charge in [0.15, 0.2) is 5.13 Å². The van der Waals surface area contributed by atoms with Crippen molar-refractivity contribution in [2.24, 2.45) is 0 Å². The number of nitrogens with one attached hydrogen (secondary N) is 1. The highest BCUT2D eigenvalue weighted by molar-refractivity contribution is 7.91. The van der Waals surface area contributed by atoms with Crippen molar-refractivity contribution in [2.75, 3.05) is 11.9 Å².